The zero-order valence-corrected chi connectivity index (χ0v) is 15.5. The molecule has 2 aromatic carbocycles. The lowest BCUT2D eigenvalue weighted by Crippen LogP contribution is -3.11. The van der Waals surface area contributed by atoms with Crippen molar-refractivity contribution >= 4 is 12.2 Å². The van der Waals surface area contributed by atoms with Crippen molar-refractivity contribution in [3.63, 3.8) is 0 Å². The summed E-state index contributed by atoms with van der Waals surface area (Å²) in [7, 11) is 0. The van der Waals surface area contributed by atoms with Crippen LogP contribution in [-0.4, -0.2) is 20.9 Å². The number of hydrogen-bond acceptors (Lipinski definition) is 2. The summed E-state index contributed by atoms with van der Waals surface area (Å²) in [4.78, 5) is 1.50. The number of rotatable bonds is 3. The number of hydrogen-bond donors (Lipinski definition) is 1. The molecule has 128 valence electrons. The average molecular weight is 351 g/mol. The highest BCUT2D eigenvalue weighted by atomic mass is 32.1. The molecule has 4 rings (SSSR count). The number of benzene rings is 2. The second kappa shape index (κ2) is 6.58. The molecule has 1 aliphatic rings. The first-order valence-electron chi connectivity index (χ1n) is 8.74. The third-order valence-electron chi connectivity index (χ3n) is 5.04. The first-order valence-corrected chi connectivity index (χ1v) is 9.15. The van der Waals surface area contributed by atoms with Gasteiger partial charge in [0.2, 0.25) is 4.77 Å². The van der Waals surface area contributed by atoms with E-state index in [1.54, 1.807) is 0 Å². The molecule has 0 saturated heterocycles. The highest BCUT2D eigenvalue weighted by Gasteiger charge is 2.20. The molecule has 1 aliphatic heterocycles. The average Bonchev–Trinajstić information content (AvgIpc) is 2.97. The Bertz CT molecular complexity index is 970. The van der Waals surface area contributed by atoms with Gasteiger partial charge in [-0.05, 0) is 48.8 Å². The van der Waals surface area contributed by atoms with Crippen molar-refractivity contribution in [1.82, 2.24) is 14.3 Å². The van der Waals surface area contributed by atoms with Crippen LogP contribution < -0.4 is 4.90 Å². The zero-order valence-electron chi connectivity index (χ0n) is 14.7. The molecular weight excluding hydrogens is 328 g/mol. The van der Waals surface area contributed by atoms with E-state index in [0.717, 1.165) is 36.6 Å². The number of nitrogens with zero attached hydrogens (tertiary/aromatic N) is 3. The van der Waals surface area contributed by atoms with Gasteiger partial charge in [0, 0.05) is 12.0 Å². The van der Waals surface area contributed by atoms with Gasteiger partial charge in [0.25, 0.3) is 0 Å². The van der Waals surface area contributed by atoms with Gasteiger partial charge < -0.3 is 4.90 Å². The molecule has 1 unspecified atom stereocenters. The standard InChI is InChI=1S/C20H22N4S/c1-15-7-8-16(2)19(11-15)23-13-21-24(20(23)25)14-22-10-9-17-5-3-4-6-18(17)12-22/h3-8,11,13H,9-10,12,14H2,1-2H3/p+1. The van der Waals surface area contributed by atoms with Crippen molar-refractivity contribution < 1.29 is 4.90 Å². The molecule has 25 heavy (non-hydrogen) atoms. The van der Waals surface area contributed by atoms with Crippen molar-refractivity contribution in [2.75, 3.05) is 6.54 Å². The van der Waals surface area contributed by atoms with E-state index in [1.165, 1.54) is 27.2 Å². The Balaban J connectivity index is 1.58. The Hall–Kier alpha value is -2.24. The molecule has 3 aromatic rings. The van der Waals surface area contributed by atoms with E-state index >= 15 is 0 Å². The van der Waals surface area contributed by atoms with Gasteiger partial charge in [-0.2, -0.15) is 9.78 Å². The Morgan fingerprint density at radius 1 is 1.12 bits per heavy atom. The van der Waals surface area contributed by atoms with Crippen LogP contribution in [0.1, 0.15) is 22.3 Å². The van der Waals surface area contributed by atoms with Crippen LogP contribution >= 0.6 is 12.2 Å². The maximum atomic E-state index is 5.71. The largest absolute Gasteiger partial charge is 0.312 e. The maximum absolute atomic E-state index is 5.71. The topological polar surface area (TPSA) is 27.2 Å². The van der Waals surface area contributed by atoms with Gasteiger partial charge >= 0.3 is 0 Å². The molecular formula is C20H23N4S+. The van der Waals surface area contributed by atoms with Crippen LogP contribution in [0.5, 0.6) is 0 Å². The number of nitrogens with one attached hydrogen (secondary N) is 1. The van der Waals surface area contributed by atoms with Crippen LogP contribution in [0.4, 0.5) is 0 Å². The molecule has 0 aliphatic carbocycles. The Morgan fingerprint density at radius 3 is 2.76 bits per heavy atom. The summed E-state index contributed by atoms with van der Waals surface area (Å²) in [6, 6.07) is 15.2. The second-order valence-corrected chi connectivity index (χ2v) is 7.29. The van der Waals surface area contributed by atoms with Crippen LogP contribution in [-0.2, 0) is 19.6 Å². The first kappa shape index (κ1) is 16.2. The minimum Gasteiger partial charge on any atom is -0.312 e. The molecule has 1 atom stereocenters. The Morgan fingerprint density at radius 2 is 1.92 bits per heavy atom. The molecule has 0 fully saturated rings. The normalized spacial score (nSPS) is 16.6. The van der Waals surface area contributed by atoms with E-state index in [4.69, 9.17) is 12.2 Å². The van der Waals surface area contributed by atoms with Crippen LogP contribution in [0, 0.1) is 18.6 Å². The van der Waals surface area contributed by atoms with Gasteiger partial charge in [-0.25, -0.2) is 0 Å². The fraction of sp³-hybridized carbons (Fsp3) is 0.300. The van der Waals surface area contributed by atoms with Crippen molar-refractivity contribution in [3.05, 3.63) is 75.8 Å². The molecule has 5 heteroatoms. The van der Waals surface area contributed by atoms with Crippen molar-refractivity contribution in [2.45, 2.75) is 33.5 Å². The van der Waals surface area contributed by atoms with Gasteiger partial charge in [-0.15, -0.1) is 0 Å². The van der Waals surface area contributed by atoms with Gasteiger partial charge in [-0.3, -0.25) is 4.57 Å². The third kappa shape index (κ3) is 3.17. The minimum absolute atomic E-state index is 0.764. The van der Waals surface area contributed by atoms with Crippen LogP contribution in [0.25, 0.3) is 5.69 Å². The van der Waals surface area contributed by atoms with Crippen molar-refractivity contribution in [3.8, 4) is 5.69 Å². The third-order valence-corrected chi connectivity index (χ3v) is 5.45. The molecule has 1 aromatic heterocycles. The van der Waals surface area contributed by atoms with Gasteiger partial charge in [0.05, 0.1) is 12.2 Å². The van der Waals surface area contributed by atoms with Crippen LogP contribution in [0.3, 0.4) is 0 Å². The predicted molar refractivity (Wildman–Crippen MR) is 102 cm³/mol. The highest BCUT2D eigenvalue weighted by molar-refractivity contribution is 7.71. The van der Waals surface area contributed by atoms with Gasteiger partial charge in [-0.1, -0.05) is 36.4 Å². The van der Waals surface area contributed by atoms with Gasteiger partial charge in [0.1, 0.15) is 12.9 Å². The summed E-state index contributed by atoms with van der Waals surface area (Å²) < 4.78 is 4.75. The summed E-state index contributed by atoms with van der Waals surface area (Å²) >= 11 is 5.71. The van der Waals surface area contributed by atoms with Crippen LogP contribution in [0.2, 0.25) is 0 Å². The van der Waals surface area contributed by atoms with Crippen molar-refractivity contribution in [2.24, 2.45) is 0 Å². The molecule has 0 saturated carbocycles. The maximum Gasteiger partial charge on any atom is 0.207 e. The van der Waals surface area contributed by atoms with E-state index < -0.39 is 0 Å². The van der Waals surface area contributed by atoms with E-state index in [-0.39, 0.29) is 0 Å². The SMILES string of the molecule is Cc1ccc(C)c(-n2cnn(C[NH+]3CCc4ccccc4C3)c2=S)c1. The summed E-state index contributed by atoms with van der Waals surface area (Å²) in [6.45, 7) is 7.18. The molecule has 2 heterocycles. The molecule has 0 radical (unpaired) electrons. The minimum atomic E-state index is 0.764. The van der Waals surface area contributed by atoms with Crippen molar-refractivity contribution in [1.29, 1.82) is 0 Å². The summed E-state index contributed by atoms with van der Waals surface area (Å²) in [5.74, 6) is 0. The number of aromatic nitrogens is 3. The summed E-state index contributed by atoms with van der Waals surface area (Å²) in [5.41, 5.74) is 6.49. The first-order chi connectivity index (χ1) is 12.1. The summed E-state index contributed by atoms with van der Waals surface area (Å²) in [6.07, 6.45) is 2.97. The summed E-state index contributed by atoms with van der Waals surface area (Å²) in [5, 5.41) is 4.57. The Labute approximate surface area is 153 Å². The highest BCUT2D eigenvalue weighted by Crippen LogP contribution is 2.16. The monoisotopic (exact) mass is 351 g/mol. The smallest absolute Gasteiger partial charge is 0.207 e. The lowest BCUT2D eigenvalue weighted by atomic mass is 10.0. The molecule has 1 N–H and O–H groups in total. The second-order valence-electron chi connectivity index (χ2n) is 6.93. The van der Waals surface area contributed by atoms with Gasteiger partial charge in [0.15, 0.2) is 6.67 Å². The van der Waals surface area contributed by atoms with Crippen LogP contribution in [0.15, 0.2) is 48.8 Å². The zero-order chi connectivity index (χ0) is 17.4. The molecule has 0 spiro atoms. The fourth-order valence-corrected chi connectivity index (χ4v) is 3.84. The van der Waals surface area contributed by atoms with E-state index in [1.807, 2.05) is 15.6 Å². The Kier molecular flexibility index (Phi) is 4.27. The lowest BCUT2D eigenvalue weighted by molar-refractivity contribution is -0.939. The number of fused-ring (bicyclic) bond motifs is 1. The molecule has 0 amide bonds. The molecule has 0 bridgehead atoms. The van der Waals surface area contributed by atoms with E-state index in [0.29, 0.717) is 0 Å². The quantitative estimate of drug-likeness (QED) is 0.735. The lowest BCUT2D eigenvalue weighted by Gasteiger charge is -2.25. The fourth-order valence-electron chi connectivity index (χ4n) is 3.58. The predicted octanol–water partition coefficient (Wildman–Crippen LogP) is 2.62. The number of aryl methyl sites for hydroxylation is 2. The van der Waals surface area contributed by atoms with E-state index in [9.17, 15) is 0 Å². The molecule has 4 nitrogen and oxygen atoms in total. The number of quaternary nitrogens is 1. The van der Waals surface area contributed by atoms with E-state index in [2.05, 4.69) is 61.4 Å².